The van der Waals surface area contributed by atoms with Crippen molar-refractivity contribution >= 4 is 11.8 Å². The second-order valence-corrected chi connectivity index (χ2v) is 23.8. The van der Waals surface area contributed by atoms with Crippen molar-refractivity contribution in [1.29, 1.82) is 0 Å². The summed E-state index contributed by atoms with van der Waals surface area (Å²) in [6.45, 7) is 25.8. The lowest BCUT2D eigenvalue weighted by molar-refractivity contribution is -0.156. The summed E-state index contributed by atoms with van der Waals surface area (Å²) in [5.41, 5.74) is 1.17. The molecule has 0 N–H and O–H groups in total. The van der Waals surface area contributed by atoms with Gasteiger partial charge in [-0.2, -0.15) is 0 Å². The van der Waals surface area contributed by atoms with E-state index >= 15 is 0 Å². The summed E-state index contributed by atoms with van der Waals surface area (Å²) in [6, 6.07) is 10.4. The average Bonchev–Trinajstić information content (AvgIpc) is 3.22. The van der Waals surface area contributed by atoms with Gasteiger partial charge in [-0.3, -0.25) is 9.59 Å². The molecule has 0 spiro atoms. The van der Waals surface area contributed by atoms with Crippen LogP contribution in [0.5, 0.6) is 0 Å². The van der Waals surface area contributed by atoms with Crippen molar-refractivity contribution in [2.24, 2.45) is 124 Å². The molecule has 0 aromatic heterocycles. The summed E-state index contributed by atoms with van der Waals surface area (Å²) in [6.07, 6.45) is 18.0. The fourth-order valence-corrected chi connectivity index (χ4v) is 16.9. The maximum atomic E-state index is 12.9. The van der Waals surface area contributed by atoms with E-state index in [-0.39, 0.29) is 18.0 Å². The lowest BCUT2D eigenvalue weighted by Gasteiger charge is -2.54. The van der Waals surface area contributed by atoms with E-state index in [9.17, 15) is 9.59 Å². The van der Waals surface area contributed by atoms with Crippen molar-refractivity contribution in [3.63, 3.8) is 0 Å². The monoisotopic (exact) mass is 827 g/mol. The molecule has 0 radical (unpaired) electrons. The second-order valence-electron chi connectivity index (χ2n) is 23.8. The Bertz CT molecular complexity index is 1540. The Morgan fingerprint density at radius 2 is 0.833 bits per heavy atom. The number of hydrogen-bond acceptors (Lipinski definition) is 4. The molecule has 0 amide bonds. The third-order valence-corrected chi connectivity index (χ3v) is 20.2. The molecule has 6 fully saturated rings. The van der Waals surface area contributed by atoms with Crippen LogP contribution in [-0.4, -0.2) is 25.0 Å². The van der Waals surface area contributed by atoms with Gasteiger partial charge in [-0.25, -0.2) is 0 Å². The summed E-state index contributed by atoms with van der Waals surface area (Å²) < 4.78 is 11.9. The number of Topliss-reactive ketones (excluding diaryl/α,β-unsaturated/α-hetero) is 1. The number of carbonyl (C=O) groups excluding carboxylic acids is 2. The van der Waals surface area contributed by atoms with E-state index < -0.39 is 0 Å². The van der Waals surface area contributed by atoms with Gasteiger partial charge in [-0.15, -0.1) is 0 Å². The van der Waals surface area contributed by atoms with Crippen LogP contribution in [0.3, 0.4) is 0 Å². The molecule has 4 heteroatoms. The number of methoxy groups -OCH3 is 1. The lowest BCUT2D eigenvalue weighted by Crippen LogP contribution is -2.47. The van der Waals surface area contributed by atoms with E-state index in [1.165, 1.54) is 76.9 Å². The minimum absolute atomic E-state index is 0.0611. The Kier molecular flexibility index (Phi) is 15.4. The molecule has 0 saturated heterocycles. The number of ether oxygens (including phenoxy) is 2. The normalized spacial score (nSPS) is 47.9. The number of rotatable bonds is 10. The van der Waals surface area contributed by atoms with Crippen molar-refractivity contribution in [1.82, 2.24) is 0 Å². The van der Waals surface area contributed by atoms with E-state index in [1.807, 2.05) is 13.0 Å². The molecule has 6 aliphatic carbocycles. The van der Waals surface area contributed by atoms with Crippen molar-refractivity contribution in [2.75, 3.05) is 7.11 Å². The van der Waals surface area contributed by atoms with Gasteiger partial charge in [0.2, 0.25) is 0 Å². The fraction of sp³-hybridized carbons (Fsp3) is 0.857. The van der Waals surface area contributed by atoms with Crippen LogP contribution in [0, 0.1) is 124 Å². The Labute approximate surface area is 368 Å². The molecule has 6 aliphatic rings. The highest BCUT2D eigenvalue weighted by atomic mass is 16.5. The Morgan fingerprint density at radius 3 is 1.22 bits per heavy atom. The summed E-state index contributed by atoms with van der Waals surface area (Å²) >= 11 is 0. The summed E-state index contributed by atoms with van der Waals surface area (Å²) in [5.74, 6) is 15.8. The first kappa shape index (κ1) is 46.3. The van der Waals surface area contributed by atoms with Gasteiger partial charge in [0.05, 0.1) is 25.7 Å². The van der Waals surface area contributed by atoms with E-state index in [0.29, 0.717) is 30.1 Å². The summed E-state index contributed by atoms with van der Waals surface area (Å²) in [7, 11) is 1.54. The Morgan fingerprint density at radius 1 is 0.467 bits per heavy atom. The van der Waals surface area contributed by atoms with Crippen LogP contribution in [0.4, 0.5) is 0 Å². The number of ketones is 1. The smallest absolute Gasteiger partial charge is 0.311 e. The molecule has 22 unspecified atom stereocenters. The number of benzene rings is 1. The highest BCUT2D eigenvalue weighted by Crippen LogP contribution is 2.58. The van der Waals surface area contributed by atoms with Crippen LogP contribution in [0.25, 0.3) is 0 Å². The fourth-order valence-electron chi connectivity index (χ4n) is 16.9. The number of esters is 1. The predicted octanol–water partition coefficient (Wildman–Crippen LogP) is 14.0. The molecule has 7 rings (SSSR count). The first-order valence-corrected chi connectivity index (χ1v) is 25.9. The zero-order valence-corrected chi connectivity index (χ0v) is 40.3. The molecule has 0 bridgehead atoms. The number of hydrogen-bond donors (Lipinski definition) is 0. The average molecular weight is 827 g/mol. The van der Waals surface area contributed by atoms with Gasteiger partial charge >= 0.3 is 5.97 Å². The Hall–Kier alpha value is -1.68. The quantitative estimate of drug-likeness (QED) is 0.221. The largest absolute Gasteiger partial charge is 0.469 e. The van der Waals surface area contributed by atoms with Crippen LogP contribution < -0.4 is 0 Å². The topological polar surface area (TPSA) is 52.6 Å². The predicted molar refractivity (Wildman–Crippen MR) is 247 cm³/mol. The minimum atomic E-state index is -0.149. The molecule has 60 heavy (non-hydrogen) atoms. The van der Waals surface area contributed by atoms with Gasteiger partial charge in [0, 0.05) is 5.92 Å². The molecule has 0 aliphatic heterocycles. The van der Waals surface area contributed by atoms with Crippen LogP contribution in [0.2, 0.25) is 0 Å². The molecular weight excluding hydrogens is 737 g/mol. The van der Waals surface area contributed by atoms with E-state index in [0.717, 1.165) is 126 Å². The zero-order valence-electron chi connectivity index (χ0n) is 40.3. The van der Waals surface area contributed by atoms with Crippen molar-refractivity contribution in [3.8, 4) is 0 Å². The van der Waals surface area contributed by atoms with E-state index in [2.05, 4.69) is 86.6 Å². The highest BCUT2D eigenvalue weighted by Gasteiger charge is 2.50. The van der Waals surface area contributed by atoms with E-state index in [1.54, 1.807) is 0 Å². The van der Waals surface area contributed by atoms with Gasteiger partial charge < -0.3 is 9.47 Å². The molecule has 4 nitrogen and oxygen atoms in total. The van der Waals surface area contributed by atoms with Gasteiger partial charge in [0.25, 0.3) is 0 Å². The van der Waals surface area contributed by atoms with Crippen molar-refractivity contribution in [3.05, 3.63) is 35.9 Å². The van der Waals surface area contributed by atoms with Gasteiger partial charge in [0.1, 0.15) is 5.78 Å². The zero-order chi connectivity index (χ0) is 43.0. The summed E-state index contributed by atoms with van der Waals surface area (Å²) in [4.78, 5) is 25.2. The summed E-state index contributed by atoms with van der Waals surface area (Å²) in [5, 5.41) is 0. The Balaban J connectivity index is 0.920. The SMILES string of the molecule is COC(=O)C1CCC(C2CC(C)C(C3CC(C)C(C4CC(C)C(C5CC(C)C(C6CCC(C(C)=O)C(C)C6)CC5C)CC4C)CC3C)CC2C)CC1OCc1ccccc1. The van der Waals surface area contributed by atoms with Crippen LogP contribution in [0.1, 0.15) is 165 Å². The molecule has 338 valence electrons. The van der Waals surface area contributed by atoms with Gasteiger partial charge in [-0.05, 0) is 215 Å². The second kappa shape index (κ2) is 20.0. The van der Waals surface area contributed by atoms with Gasteiger partial charge in [-0.1, -0.05) is 92.6 Å². The highest BCUT2D eigenvalue weighted by molar-refractivity contribution is 5.78. The minimum Gasteiger partial charge on any atom is -0.469 e. The maximum Gasteiger partial charge on any atom is 0.311 e. The lowest BCUT2D eigenvalue weighted by atomic mass is 9.51. The van der Waals surface area contributed by atoms with Crippen molar-refractivity contribution in [2.45, 2.75) is 172 Å². The maximum absolute atomic E-state index is 12.9. The first-order valence-electron chi connectivity index (χ1n) is 25.9. The molecule has 22 atom stereocenters. The third-order valence-electron chi connectivity index (χ3n) is 20.2. The van der Waals surface area contributed by atoms with Crippen LogP contribution in [0.15, 0.2) is 30.3 Å². The molecule has 1 aromatic rings. The molecule has 6 saturated carbocycles. The van der Waals surface area contributed by atoms with Crippen LogP contribution >= 0.6 is 0 Å². The van der Waals surface area contributed by atoms with Crippen LogP contribution in [-0.2, 0) is 25.7 Å². The van der Waals surface area contributed by atoms with Crippen molar-refractivity contribution < 1.29 is 19.1 Å². The van der Waals surface area contributed by atoms with E-state index in [4.69, 9.17) is 9.47 Å². The molecule has 0 heterocycles. The number of carbonyl (C=O) groups is 2. The standard InChI is InChI=1S/C56H90O4/c1-32-21-43(17-19-45(32)41(10)57)47-22-35(4)49(24-33(47)2)51-26-39(8)53(28-37(51)6)54-29-38(7)52(27-40(54)9)50-25-34(3)48(23-36(50)5)44-18-20-46(56(58)59-11)55(30-44)60-31-42-15-13-12-14-16-42/h12-16,32-40,43-55H,17-31H2,1-11H3. The molecular formula is C56H90O4. The van der Waals surface area contributed by atoms with Gasteiger partial charge in [0.15, 0.2) is 0 Å². The first-order chi connectivity index (χ1) is 28.6. The third kappa shape index (κ3) is 9.99. The molecule has 1 aromatic carbocycles.